The molecule has 21 heavy (non-hydrogen) atoms. The van der Waals surface area contributed by atoms with Gasteiger partial charge >= 0.3 is 0 Å². The van der Waals surface area contributed by atoms with Crippen LogP contribution in [0.1, 0.15) is 5.56 Å². The van der Waals surface area contributed by atoms with E-state index in [9.17, 15) is 9.18 Å². The van der Waals surface area contributed by atoms with E-state index in [-0.39, 0.29) is 11.7 Å². The average Bonchev–Trinajstić information content (AvgIpc) is 2.71. The molecule has 106 valence electrons. The largest absolute Gasteiger partial charge is 0.383 e. The molecule has 0 saturated heterocycles. The summed E-state index contributed by atoms with van der Waals surface area (Å²) in [4.78, 5) is 16.1. The second-order valence-electron chi connectivity index (χ2n) is 5.14. The van der Waals surface area contributed by atoms with Crippen LogP contribution in [0, 0.1) is 5.82 Å². The van der Waals surface area contributed by atoms with Gasteiger partial charge in [0.05, 0.1) is 16.9 Å². The molecule has 0 saturated carbocycles. The number of carbonyl (C=O) groups is 1. The average molecular weight is 282 g/mol. The van der Waals surface area contributed by atoms with Crippen LogP contribution in [-0.2, 0) is 4.79 Å². The maximum Gasteiger partial charge on any atom is 0.265 e. The highest BCUT2D eigenvalue weighted by atomic mass is 19.1. The van der Waals surface area contributed by atoms with Crippen LogP contribution >= 0.6 is 0 Å². The van der Waals surface area contributed by atoms with Gasteiger partial charge in [0.15, 0.2) is 0 Å². The minimum atomic E-state index is -0.358. The van der Waals surface area contributed by atoms with Crippen LogP contribution in [0.2, 0.25) is 0 Å². The lowest BCUT2D eigenvalue weighted by Crippen LogP contribution is -2.21. The number of fused-ring (bicyclic) bond motifs is 1. The zero-order chi connectivity index (χ0) is 15.0. The van der Waals surface area contributed by atoms with Crippen molar-refractivity contribution in [1.82, 2.24) is 4.90 Å². The van der Waals surface area contributed by atoms with Crippen molar-refractivity contribution < 1.29 is 9.18 Å². The third kappa shape index (κ3) is 2.29. The molecule has 3 rings (SSSR count). The quantitative estimate of drug-likeness (QED) is 0.788. The van der Waals surface area contributed by atoms with Crippen LogP contribution in [0.25, 0.3) is 5.57 Å². The molecule has 1 amide bonds. The van der Waals surface area contributed by atoms with Crippen molar-refractivity contribution in [3.63, 3.8) is 0 Å². The summed E-state index contributed by atoms with van der Waals surface area (Å²) in [5, 5.41) is 0. The fourth-order valence-electron chi connectivity index (χ4n) is 2.50. The highest BCUT2D eigenvalue weighted by molar-refractivity contribution is 6.34. The SMILES string of the molecule is CN(C)C=C1C(=O)N(c2cccc(F)c2)c2ccccc21. The molecule has 1 heterocycles. The Morgan fingerprint density at radius 1 is 1.10 bits per heavy atom. The Hall–Kier alpha value is -2.62. The van der Waals surface area contributed by atoms with Crippen molar-refractivity contribution >= 4 is 22.9 Å². The Labute approximate surface area is 122 Å². The molecule has 0 aliphatic carbocycles. The summed E-state index contributed by atoms with van der Waals surface area (Å²) in [6, 6.07) is 13.6. The Bertz CT molecular complexity index is 737. The molecule has 2 aromatic carbocycles. The summed E-state index contributed by atoms with van der Waals surface area (Å²) in [5.74, 6) is -0.502. The lowest BCUT2D eigenvalue weighted by molar-refractivity contribution is -0.112. The predicted octanol–water partition coefficient (Wildman–Crippen LogP) is 3.41. The van der Waals surface area contributed by atoms with Crippen molar-refractivity contribution in [3.8, 4) is 0 Å². The molecular weight excluding hydrogens is 267 g/mol. The van der Waals surface area contributed by atoms with Crippen LogP contribution in [0.5, 0.6) is 0 Å². The summed E-state index contributed by atoms with van der Waals surface area (Å²) in [6.07, 6.45) is 1.79. The minimum Gasteiger partial charge on any atom is -0.383 e. The van der Waals surface area contributed by atoms with Gasteiger partial charge in [0.25, 0.3) is 5.91 Å². The zero-order valence-electron chi connectivity index (χ0n) is 11.9. The van der Waals surface area contributed by atoms with Crippen molar-refractivity contribution in [1.29, 1.82) is 0 Å². The van der Waals surface area contributed by atoms with E-state index in [1.807, 2.05) is 43.3 Å². The topological polar surface area (TPSA) is 23.6 Å². The number of halogens is 1. The van der Waals surface area contributed by atoms with E-state index in [2.05, 4.69) is 0 Å². The van der Waals surface area contributed by atoms with Gasteiger partial charge in [-0.05, 0) is 24.3 Å². The lowest BCUT2D eigenvalue weighted by Gasteiger charge is -2.17. The third-order valence-corrected chi connectivity index (χ3v) is 3.32. The van der Waals surface area contributed by atoms with E-state index in [0.29, 0.717) is 11.3 Å². The number of hydrogen-bond donors (Lipinski definition) is 0. The molecule has 0 aromatic heterocycles. The molecule has 0 unspecified atom stereocenters. The third-order valence-electron chi connectivity index (χ3n) is 3.32. The van der Waals surface area contributed by atoms with E-state index in [1.165, 1.54) is 12.1 Å². The minimum absolute atomic E-state index is 0.143. The Balaban J connectivity index is 2.17. The number of carbonyl (C=O) groups excluding carboxylic acids is 1. The number of hydrogen-bond acceptors (Lipinski definition) is 2. The molecule has 1 aliphatic rings. The molecule has 0 radical (unpaired) electrons. The van der Waals surface area contributed by atoms with Gasteiger partial charge in [0.1, 0.15) is 5.82 Å². The van der Waals surface area contributed by atoms with Crippen LogP contribution in [0.3, 0.4) is 0 Å². The van der Waals surface area contributed by atoms with Crippen molar-refractivity contribution in [2.24, 2.45) is 0 Å². The predicted molar refractivity (Wildman–Crippen MR) is 81.7 cm³/mol. The number of benzene rings is 2. The lowest BCUT2D eigenvalue weighted by atomic mass is 10.1. The van der Waals surface area contributed by atoms with Crippen molar-refractivity contribution in [3.05, 3.63) is 66.1 Å². The van der Waals surface area contributed by atoms with E-state index in [0.717, 1.165) is 11.3 Å². The summed E-state index contributed by atoms with van der Waals surface area (Å²) < 4.78 is 13.5. The number of amides is 1. The van der Waals surface area contributed by atoms with Gasteiger partial charge in [-0.25, -0.2) is 4.39 Å². The summed E-state index contributed by atoms with van der Waals surface area (Å²) in [7, 11) is 3.74. The Morgan fingerprint density at radius 3 is 2.57 bits per heavy atom. The first-order valence-corrected chi connectivity index (χ1v) is 6.65. The van der Waals surface area contributed by atoms with Gasteiger partial charge in [-0.3, -0.25) is 9.69 Å². The van der Waals surface area contributed by atoms with E-state index in [4.69, 9.17) is 0 Å². The summed E-state index contributed by atoms with van der Waals surface area (Å²) >= 11 is 0. The normalized spacial score (nSPS) is 15.5. The van der Waals surface area contributed by atoms with E-state index < -0.39 is 0 Å². The maximum atomic E-state index is 13.5. The Morgan fingerprint density at radius 2 is 1.86 bits per heavy atom. The van der Waals surface area contributed by atoms with Gasteiger partial charge in [-0.15, -0.1) is 0 Å². The van der Waals surface area contributed by atoms with E-state index in [1.54, 1.807) is 23.2 Å². The van der Waals surface area contributed by atoms with Crippen LogP contribution in [0.15, 0.2) is 54.7 Å². The molecule has 0 spiro atoms. The fraction of sp³-hybridized carbons (Fsp3) is 0.118. The van der Waals surface area contributed by atoms with Crippen molar-refractivity contribution in [2.75, 3.05) is 19.0 Å². The summed E-state index contributed by atoms with van der Waals surface area (Å²) in [6.45, 7) is 0. The molecule has 1 aliphatic heterocycles. The second-order valence-corrected chi connectivity index (χ2v) is 5.14. The second kappa shape index (κ2) is 5.05. The molecule has 0 N–H and O–H groups in total. The highest BCUT2D eigenvalue weighted by Crippen LogP contribution is 2.41. The molecular formula is C17H15FN2O. The first kappa shape index (κ1) is 13.4. The molecule has 2 aromatic rings. The Kier molecular flexibility index (Phi) is 3.22. The molecule has 0 fully saturated rings. The maximum absolute atomic E-state index is 13.5. The molecule has 3 nitrogen and oxygen atoms in total. The molecule has 4 heteroatoms. The smallest absolute Gasteiger partial charge is 0.265 e. The molecule has 0 bridgehead atoms. The highest BCUT2D eigenvalue weighted by Gasteiger charge is 2.33. The monoisotopic (exact) mass is 282 g/mol. The van der Waals surface area contributed by atoms with Crippen molar-refractivity contribution in [2.45, 2.75) is 0 Å². The van der Waals surface area contributed by atoms with Gasteiger partial charge in [0, 0.05) is 25.9 Å². The van der Waals surface area contributed by atoms with Crippen LogP contribution < -0.4 is 4.90 Å². The molecule has 0 atom stereocenters. The zero-order valence-corrected chi connectivity index (χ0v) is 11.9. The van der Waals surface area contributed by atoms with E-state index >= 15 is 0 Å². The van der Waals surface area contributed by atoms with Gasteiger partial charge < -0.3 is 4.90 Å². The van der Waals surface area contributed by atoms with Crippen LogP contribution in [0.4, 0.5) is 15.8 Å². The number of nitrogens with zero attached hydrogens (tertiary/aromatic N) is 2. The van der Waals surface area contributed by atoms with Gasteiger partial charge in [-0.1, -0.05) is 24.3 Å². The first-order valence-electron chi connectivity index (χ1n) is 6.65. The van der Waals surface area contributed by atoms with Crippen LogP contribution in [-0.4, -0.2) is 24.9 Å². The first-order chi connectivity index (χ1) is 10.1. The standard InChI is InChI=1S/C17H15FN2O/c1-19(2)11-15-14-8-3-4-9-16(14)20(17(15)21)13-7-5-6-12(18)10-13/h3-11H,1-2H3. The number of para-hydroxylation sites is 1. The van der Waals surface area contributed by atoms with Gasteiger partial charge in [0.2, 0.25) is 0 Å². The number of rotatable bonds is 2. The number of anilines is 2. The fourth-order valence-corrected chi connectivity index (χ4v) is 2.50. The van der Waals surface area contributed by atoms with Gasteiger partial charge in [-0.2, -0.15) is 0 Å². The summed E-state index contributed by atoms with van der Waals surface area (Å²) in [5.41, 5.74) is 2.79.